The molecule has 0 N–H and O–H groups in total. The third kappa shape index (κ3) is 4.06. The van der Waals surface area contributed by atoms with Crippen LogP contribution in [0.25, 0.3) is 0 Å². The Morgan fingerprint density at radius 3 is 2.64 bits per heavy atom. The number of ether oxygens (including phenoxy) is 3. The molecule has 0 aliphatic carbocycles. The largest absolute Gasteiger partial charge is 0.492 e. The number of anilines is 1. The molecule has 2 aromatic carbocycles. The summed E-state index contributed by atoms with van der Waals surface area (Å²) in [5, 5.41) is 0. The van der Waals surface area contributed by atoms with Crippen molar-refractivity contribution in [2.75, 3.05) is 24.7 Å². The van der Waals surface area contributed by atoms with Crippen LogP contribution in [0.1, 0.15) is 22.7 Å². The Hall–Kier alpha value is -3.75. The van der Waals surface area contributed by atoms with Crippen molar-refractivity contribution in [2.24, 2.45) is 0 Å². The molecular weight excluding hydrogens is 437 g/mol. The first kappa shape index (κ1) is 21.1. The average Bonchev–Trinajstić information content (AvgIpc) is 3.08. The lowest BCUT2D eigenvalue weighted by Crippen LogP contribution is -2.31. The van der Waals surface area contributed by atoms with Gasteiger partial charge in [-0.2, -0.15) is 13.2 Å². The first-order valence-electron chi connectivity index (χ1n) is 10.4. The number of alkyl halides is 3. The van der Waals surface area contributed by atoms with Gasteiger partial charge in [0.05, 0.1) is 23.7 Å². The molecule has 3 aromatic rings. The Bertz CT molecular complexity index is 1200. The molecule has 0 fully saturated rings. The van der Waals surface area contributed by atoms with Gasteiger partial charge in [-0.1, -0.05) is 18.2 Å². The summed E-state index contributed by atoms with van der Waals surface area (Å²) in [6, 6.07) is 14.4. The number of aromatic nitrogens is 1. The lowest BCUT2D eigenvalue weighted by molar-refractivity contribution is -0.138. The Morgan fingerprint density at radius 1 is 1.03 bits per heavy atom. The van der Waals surface area contributed by atoms with E-state index in [0.717, 1.165) is 6.07 Å². The van der Waals surface area contributed by atoms with Gasteiger partial charge in [0.2, 0.25) is 5.91 Å². The number of carbonyl (C=O) groups is 1. The number of amides is 1. The third-order valence-corrected chi connectivity index (χ3v) is 5.60. The highest BCUT2D eigenvalue weighted by Gasteiger charge is 2.40. The fourth-order valence-corrected chi connectivity index (χ4v) is 4.06. The van der Waals surface area contributed by atoms with E-state index in [2.05, 4.69) is 4.98 Å². The van der Waals surface area contributed by atoms with Crippen molar-refractivity contribution in [2.45, 2.75) is 18.6 Å². The summed E-state index contributed by atoms with van der Waals surface area (Å²) in [5.74, 6) is 0.693. The zero-order valence-electron chi connectivity index (χ0n) is 17.3. The Kier molecular flexibility index (Phi) is 5.32. The monoisotopic (exact) mass is 456 g/mol. The van der Waals surface area contributed by atoms with Crippen LogP contribution in [0.4, 0.5) is 18.9 Å². The highest BCUT2D eigenvalue weighted by Crippen LogP contribution is 2.40. The normalized spacial score (nSPS) is 17.1. The van der Waals surface area contributed by atoms with Crippen LogP contribution in [-0.4, -0.2) is 30.7 Å². The van der Waals surface area contributed by atoms with Crippen molar-refractivity contribution < 1.29 is 32.2 Å². The molecule has 0 bridgehead atoms. The van der Waals surface area contributed by atoms with Crippen LogP contribution >= 0.6 is 0 Å². The molecule has 3 heterocycles. The number of halogens is 3. The van der Waals surface area contributed by atoms with Crippen LogP contribution in [0.15, 0.2) is 60.8 Å². The second kappa shape index (κ2) is 8.31. The number of hydrogen-bond donors (Lipinski definition) is 0. The number of hydrogen-bond acceptors (Lipinski definition) is 5. The number of benzene rings is 2. The van der Waals surface area contributed by atoms with Crippen molar-refractivity contribution >= 4 is 11.6 Å². The SMILES string of the molecule is O=C1C(COc2ccc3c(c2)OCCO3)c2ccccc2N1Cc1ncccc1C(F)(F)F. The molecule has 5 rings (SSSR count). The van der Waals surface area contributed by atoms with E-state index in [4.69, 9.17) is 14.2 Å². The molecule has 1 aromatic heterocycles. The number of para-hydroxylation sites is 1. The zero-order chi connectivity index (χ0) is 23.0. The van der Waals surface area contributed by atoms with Crippen molar-refractivity contribution in [3.63, 3.8) is 0 Å². The number of rotatable bonds is 5. The molecule has 1 unspecified atom stereocenters. The minimum atomic E-state index is -4.56. The van der Waals surface area contributed by atoms with E-state index in [-0.39, 0.29) is 24.8 Å². The number of carbonyl (C=O) groups excluding carboxylic acids is 1. The van der Waals surface area contributed by atoms with E-state index in [1.54, 1.807) is 42.5 Å². The van der Waals surface area contributed by atoms with Gasteiger partial charge >= 0.3 is 6.18 Å². The maximum Gasteiger partial charge on any atom is 0.418 e. The van der Waals surface area contributed by atoms with Crippen molar-refractivity contribution in [3.8, 4) is 17.2 Å². The number of nitrogens with zero attached hydrogens (tertiary/aromatic N) is 2. The molecule has 2 aliphatic rings. The summed E-state index contributed by atoms with van der Waals surface area (Å²) in [6.45, 7) is 0.655. The van der Waals surface area contributed by atoms with E-state index in [0.29, 0.717) is 41.7 Å². The van der Waals surface area contributed by atoms with Gasteiger partial charge in [-0.15, -0.1) is 0 Å². The van der Waals surface area contributed by atoms with Crippen LogP contribution in [0.2, 0.25) is 0 Å². The zero-order valence-corrected chi connectivity index (χ0v) is 17.3. The van der Waals surface area contributed by atoms with Gasteiger partial charge in [-0.3, -0.25) is 9.78 Å². The molecule has 33 heavy (non-hydrogen) atoms. The minimum absolute atomic E-state index is 0.0281. The summed E-state index contributed by atoms with van der Waals surface area (Å²) >= 11 is 0. The molecule has 6 nitrogen and oxygen atoms in total. The highest BCUT2D eigenvalue weighted by atomic mass is 19.4. The van der Waals surface area contributed by atoms with Crippen LogP contribution in [0.3, 0.4) is 0 Å². The van der Waals surface area contributed by atoms with E-state index in [1.165, 1.54) is 17.2 Å². The minimum Gasteiger partial charge on any atom is -0.492 e. The van der Waals surface area contributed by atoms with E-state index in [9.17, 15) is 18.0 Å². The van der Waals surface area contributed by atoms with Crippen LogP contribution in [0, 0.1) is 0 Å². The quantitative estimate of drug-likeness (QED) is 0.563. The predicted molar refractivity (Wildman–Crippen MR) is 113 cm³/mol. The van der Waals surface area contributed by atoms with E-state index < -0.39 is 17.7 Å². The maximum absolute atomic E-state index is 13.4. The van der Waals surface area contributed by atoms with Crippen molar-refractivity contribution in [1.29, 1.82) is 0 Å². The van der Waals surface area contributed by atoms with Gasteiger partial charge in [-0.25, -0.2) is 0 Å². The Labute approximate surface area is 187 Å². The highest BCUT2D eigenvalue weighted by molar-refractivity contribution is 6.05. The molecule has 2 aliphatic heterocycles. The standard InChI is InChI=1S/C24H19F3N2O4/c25-24(26,27)18-5-3-9-28-19(18)13-29-20-6-2-1-4-16(20)17(23(29)30)14-33-15-7-8-21-22(12-15)32-11-10-31-21/h1-9,12,17H,10-11,13-14H2. The molecule has 170 valence electrons. The van der Waals surface area contributed by atoms with Crippen molar-refractivity contribution in [1.82, 2.24) is 4.98 Å². The third-order valence-electron chi connectivity index (χ3n) is 5.60. The number of fused-ring (bicyclic) bond motifs is 2. The topological polar surface area (TPSA) is 60.9 Å². The first-order valence-corrected chi connectivity index (χ1v) is 10.4. The molecule has 1 atom stereocenters. The summed E-state index contributed by atoms with van der Waals surface area (Å²) in [6.07, 6.45) is -3.27. The Morgan fingerprint density at radius 2 is 1.82 bits per heavy atom. The molecule has 0 spiro atoms. The van der Waals surface area contributed by atoms with Gasteiger partial charge in [0, 0.05) is 18.0 Å². The lowest BCUT2D eigenvalue weighted by Gasteiger charge is -2.21. The summed E-state index contributed by atoms with van der Waals surface area (Å²) in [5.41, 5.74) is 0.189. The first-order chi connectivity index (χ1) is 15.9. The number of pyridine rings is 1. The van der Waals surface area contributed by atoms with Crippen LogP contribution in [-0.2, 0) is 17.5 Å². The van der Waals surface area contributed by atoms with Crippen LogP contribution in [0.5, 0.6) is 17.2 Å². The van der Waals surface area contributed by atoms with Gasteiger partial charge < -0.3 is 19.1 Å². The molecule has 0 radical (unpaired) electrons. The second-order valence-corrected chi connectivity index (χ2v) is 7.65. The molecule has 9 heteroatoms. The van der Waals surface area contributed by atoms with Crippen LogP contribution < -0.4 is 19.1 Å². The van der Waals surface area contributed by atoms with Gasteiger partial charge in [0.1, 0.15) is 25.6 Å². The summed E-state index contributed by atoms with van der Waals surface area (Å²) in [4.78, 5) is 18.5. The van der Waals surface area contributed by atoms with Gasteiger partial charge in [0.25, 0.3) is 0 Å². The van der Waals surface area contributed by atoms with Crippen molar-refractivity contribution in [3.05, 3.63) is 77.6 Å². The van der Waals surface area contributed by atoms with Gasteiger partial charge in [-0.05, 0) is 35.9 Å². The Balaban J connectivity index is 1.38. The fraction of sp³-hybridized carbons (Fsp3) is 0.250. The maximum atomic E-state index is 13.4. The van der Waals surface area contributed by atoms with Gasteiger partial charge in [0.15, 0.2) is 11.5 Å². The van der Waals surface area contributed by atoms with E-state index in [1.807, 2.05) is 0 Å². The second-order valence-electron chi connectivity index (χ2n) is 7.65. The summed E-state index contributed by atoms with van der Waals surface area (Å²) in [7, 11) is 0. The molecule has 0 saturated carbocycles. The molecular formula is C24H19F3N2O4. The predicted octanol–water partition coefficient (Wildman–Crippen LogP) is 4.58. The van der Waals surface area contributed by atoms with E-state index >= 15 is 0 Å². The lowest BCUT2D eigenvalue weighted by atomic mass is 10.0. The molecule has 1 amide bonds. The molecule has 0 saturated heterocycles. The smallest absolute Gasteiger partial charge is 0.418 e. The fourth-order valence-electron chi connectivity index (χ4n) is 4.06. The average molecular weight is 456 g/mol. The summed E-state index contributed by atoms with van der Waals surface area (Å²) < 4.78 is 57.2.